The van der Waals surface area contributed by atoms with E-state index in [1.807, 2.05) is 31.2 Å². The summed E-state index contributed by atoms with van der Waals surface area (Å²) < 4.78 is 35.1. The lowest BCUT2D eigenvalue weighted by Gasteiger charge is -2.14. The zero-order valence-electron chi connectivity index (χ0n) is 21.3. The summed E-state index contributed by atoms with van der Waals surface area (Å²) in [6.45, 7) is 3.53. The van der Waals surface area contributed by atoms with Crippen molar-refractivity contribution in [1.82, 2.24) is 30.5 Å². The van der Waals surface area contributed by atoms with Crippen molar-refractivity contribution in [2.45, 2.75) is 26.3 Å². The second-order valence-corrected chi connectivity index (χ2v) is 9.15. The highest BCUT2D eigenvalue weighted by atomic mass is 19.1. The zero-order valence-corrected chi connectivity index (χ0v) is 21.3. The molecule has 12 heteroatoms. The van der Waals surface area contributed by atoms with Crippen molar-refractivity contribution in [3.63, 3.8) is 0 Å². The summed E-state index contributed by atoms with van der Waals surface area (Å²) in [5, 5.41) is 23.6. The molecular formula is C28H22F2N6O4. The Hall–Kier alpha value is -5.26. The second kappa shape index (κ2) is 10.8. The van der Waals surface area contributed by atoms with Crippen LogP contribution >= 0.6 is 0 Å². The van der Waals surface area contributed by atoms with E-state index in [2.05, 4.69) is 25.8 Å². The second-order valence-electron chi connectivity index (χ2n) is 9.15. The van der Waals surface area contributed by atoms with Gasteiger partial charge in [0.1, 0.15) is 17.7 Å². The molecule has 1 amide bonds. The molecule has 40 heavy (non-hydrogen) atoms. The highest BCUT2D eigenvalue weighted by molar-refractivity contribution is 5.94. The van der Waals surface area contributed by atoms with E-state index in [1.54, 1.807) is 6.92 Å². The summed E-state index contributed by atoms with van der Waals surface area (Å²) in [7, 11) is 0. The fourth-order valence-corrected chi connectivity index (χ4v) is 3.95. The van der Waals surface area contributed by atoms with Crippen molar-refractivity contribution in [2.75, 3.05) is 0 Å². The molecule has 0 bridgehead atoms. The fourth-order valence-electron chi connectivity index (χ4n) is 3.95. The molecule has 3 aromatic carbocycles. The Balaban J connectivity index is 1.28. The van der Waals surface area contributed by atoms with Crippen LogP contribution in [0, 0.1) is 25.5 Å². The van der Waals surface area contributed by atoms with E-state index in [0.29, 0.717) is 22.4 Å². The first kappa shape index (κ1) is 26.4. The quantitative estimate of drug-likeness (QED) is 0.295. The summed E-state index contributed by atoms with van der Waals surface area (Å²) in [4.78, 5) is 28.9. The van der Waals surface area contributed by atoms with Crippen LogP contribution in [0.15, 0.2) is 71.4 Å². The standard InChI is InChI=1S/C28H22F2N6O4/c1-15-3-6-18(7-4-15)27-32-25(34-40-27)20-9-5-17(12-22(20)30)13-23(28(38)39)31-26(37)24-14-36(35-33-24)19-8-10-21(29)16(2)11-19/h3-12,14,23H,13H2,1-2H3,(H,31,37)(H,38,39). The number of carbonyl (C=O) groups is 2. The molecule has 5 aromatic rings. The van der Waals surface area contributed by atoms with Crippen molar-refractivity contribution >= 4 is 11.9 Å². The van der Waals surface area contributed by atoms with Crippen LogP contribution in [0.25, 0.3) is 28.5 Å². The molecule has 2 heterocycles. The molecular weight excluding hydrogens is 522 g/mol. The number of nitrogens with one attached hydrogen (secondary N) is 1. The van der Waals surface area contributed by atoms with Gasteiger partial charge < -0.3 is 14.9 Å². The molecule has 2 aromatic heterocycles. The monoisotopic (exact) mass is 544 g/mol. The van der Waals surface area contributed by atoms with Gasteiger partial charge in [-0.25, -0.2) is 18.3 Å². The Morgan fingerprint density at radius 2 is 1.80 bits per heavy atom. The maximum Gasteiger partial charge on any atom is 0.326 e. The number of hydrogen-bond acceptors (Lipinski definition) is 7. The summed E-state index contributed by atoms with van der Waals surface area (Å²) in [5.41, 5.74) is 2.87. The zero-order chi connectivity index (χ0) is 28.4. The van der Waals surface area contributed by atoms with Crippen molar-refractivity contribution < 1.29 is 28.0 Å². The number of carboxylic acid groups (broad SMARTS) is 1. The van der Waals surface area contributed by atoms with Gasteiger partial charge in [0.05, 0.1) is 17.4 Å². The number of aryl methyl sites for hydroxylation is 2. The molecule has 0 saturated heterocycles. The lowest BCUT2D eigenvalue weighted by atomic mass is 10.0. The minimum atomic E-state index is -1.38. The molecule has 0 fully saturated rings. The Morgan fingerprint density at radius 3 is 2.50 bits per heavy atom. The van der Waals surface area contributed by atoms with Crippen LogP contribution in [0.2, 0.25) is 0 Å². The van der Waals surface area contributed by atoms with Crippen molar-refractivity contribution in [3.8, 4) is 28.5 Å². The predicted octanol–water partition coefficient (Wildman–Crippen LogP) is 4.31. The Morgan fingerprint density at radius 1 is 1.02 bits per heavy atom. The van der Waals surface area contributed by atoms with Crippen molar-refractivity contribution in [3.05, 3.63) is 101 Å². The normalized spacial score (nSPS) is 11.8. The molecule has 0 spiro atoms. The Bertz CT molecular complexity index is 1710. The average Bonchev–Trinajstić information content (AvgIpc) is 3.61. The first-order valence-electron chi connectivity index (χ1n) is 12.1. The number of aromatic nitrogens is 5. The third-order valence-corrected chi connectivity index (χ3v) is 6.17. The fraction of sp³-hybridized carbons (Fsp3) is 0.143. The molecule has 1 unspecified atom stereocenters. The van der Waals surface area contributed by atoms with Crippen LogP contribution in [0.1, 0.15) is 27.2 Å². The van der Waals surface area contributed by atoms with E-state index in [4.69, 9.17) is 4.52 Å². The van der Waals surface area contributed by atoms with Gasteiger partial charge in [0.25, 0.3) is 11.8 Å². The Labute approximate surface area is 226 Å². The average molecular weight is 545 g/mol. The van der Waals surface area contributed by atoms with Crippen molar-refractivity contribution in [2.24, 2.45) is 0 Å². The Kier molecular flexibility index (Phi) is 7.15. The van der Waals surface area contributed by atoms with E-state index < -0.39 is 23.7 Å². The minimum Gasteiger partial charge on any atom is -0.480 e. The summed E-state index contributed by atoms with van der Waals surface area (Å²) in [6.07, 6.45) is 1.09. The van der Waals surface area contributed by atoms with Gasteiger partial charge in [-0.05, 0) is 67.4 Å². The largest absolute Gasteiger partial charge is 0.480 e. The third-order valence-electron chi connectivity index (χ3n) is 6.17. The van der Waals surface area contributed by atoms with Gasteiger partial charge in [0.2, 0.25) is 5.82 Å². The van der Waals surface area contributed by atoms with Gasteiger partial charge in [0, 0.05) is 12.0 Å². The van der Waals surface area contributed by atoms with E-state index >= 15 is 0 Å². The van der Waals surface area contributed by atoms with Crippen LogP contribution in [-0.2, 0) is 11.2 Å². The van der Waals surface area contributed by atoms with Crippen molar-refractivity contribution in [1.29, 1.82) is 0 Å². The smallest absolute Gasteiger partial charge is 0.326 e. The number of benzene rings is 3. The lowest BCUT2D eigenvalue weighted by Crippen LogP contribution is -2.42. The van der Waals surface area contributed by atoms with Crippen LogP contribution in [0.3, 0.4) is 0 Å². The summed E-state index contributed by atoms with van der Waals surface area (Å²) in [6, 6.07) is 14.4. The van der Waals surface area contributed by atoms with Crippen LogP contribution in [0.5, 0.6) is 0 Å². The number of halogens is 2. The predicted molar refractivity (Wildman–Crippen MR) is 139 cm³/mol. The van der Waals surface area contributed by atoms with Gasteiger partial charge in [0.15, 0.2) is 5.69 Å². The number of nitrogens with zero attached hydrogens (tertiary/aromatic N) is 5. The number of carbonyl (C=O) groups excluding carboxylic acids is 1. The highest BCUT2D eigenvalue weighted by Crippen LogP contribution is 2.25. The molecule has 0 radical (unpaired) electrons. The summed E-state index contributed by atoms with van der Waals surface area (Å²) >= 11 is 0. The molecule has 2 N–H and O–H groups in total. The van der Waals surface area contributed by atoms with E-state index in [0.717, 1.165) is 11.6 Å². The van der Waals surface area contributed by atoms with Gasteiger partial charge in [-0.1, -0.05) is 34.1 Å². The van der Waals surface area contributed by atoms with E-state index in [-0.39, 0.29) is 35.2 Å². The van der Waals surface area contributed by atoms with Crippen LogP contribution in [-0.4, -0.2) is 48.2 Å². The third kappa shape index (κ3) is 5.60. The minimum absolute atomic E-state index is 0.0437. The maximum absolute atomic E-state index is 15.0. The SMILES string of the molecule is Cc1ccc(-c2nc(-c3ccc(CC(NC(=O)c4cn(-c5ccc(F)c(C)c5)nn4)C(=O)O)cc3F)no2)cc1. The molecule has 0 aliphatic heterocycles. The maximum atomic E-state index is 15.0. The van der Waals surface area contributed by atoms with Gasteiger partial charge in [-0.2, -0.15) is 4.98 Å². The number of aliphatic carboxylic acids is 1. The molecule has 0 aliphatic carbocycles. The molecule has 5 rings (SSSR count). The number of carboxylic acids is 1. The van der Waals surface area contributed by atoms with Crippen LogP contribution in [0.4, 0.5) is 8.78 Å². The first-order chi connectivity index (χ1) is 19.2. The summed E-state index contributed by atoms with van der Waals surface area (Å²) in [5.74, 6) is -2.90. The van der Waals surface area contributed by atoms with Gasteiger partial charge in [-0.15, -0.1) is 5.10 Å². The number of rotatable bonds is 8. The molecule has 0 aliphatic rings. The van der Waals surface area contributed by atoms with E-state index in [1.165, 1.54) is 41.2 Å². The number of hydrogen-bond donors (Lipinski definition) is 2. The van der Waals surface area contributed by atoms with Gasteiger partial charge >= 0.3 is 5.97 Å². The molecule has 1 atom stereocenters. The molecule has 202 valence electrons. The van der Waals surface area contributed by atoms with Crippen LogP contribution < -0.4 is 5.32 Å². The lowest BCUT2D eigenvalue weighted by molar-refractivity contribution is -0.139. The molecule has 0 saturated carbocycles. The van der Waals surface area contributed by atoms with E-state index in [9.17, 15) is 23.5 Å². The first-order valence-corrected chi connectivity index (χ1v) is 12.1. The highest BCUT2D eigenvalue weighted by Gasteiger charge is 2.24. The molecule has 10 nitrogen and oxygen atoms in total. The topological polar surface area (TPSA) is 136 Å². The number of amides is 1. The van der Waals surface area contributed by atoms with Gasteiger partial charge in [-0.3, -0.25) is 4.79 Å².